The Kier molecular flexibility index (Phi) is 1.91. The normalized spacial score (nSPS) is 11.4. The number of hydrogen-bond donors (Lipinski definition) is 1. The lowest BCUT2D eigenvalue weighted by atomic mass is 10.2. The van der Waals surface area contributed by atoms with Crippen LogP contribution in [0.15, 0.2) is 12.3 Å². The molecule has 4 nitrogen and oxygen atoms in total. The number of hydrogen-bond acceptors (Lipinski definition) is 3. The molecule has 2 aromatic heterocycles. The number of anilines is 1. The van der Waals surface area contributed by atoms with Crippen LogP contribution in [-0.2, 0) is 7.05 Å². The highest BCUT2D eigenvalue weighted by Crippen LogP contribution is 2.22. The van der Waals surface area contributed by atoms with E-state index < -0.39 is 0 Å². The van der Waals surface area contributed by atoms with Crippen molar-refractivity contribution in [3.63, 3.8) is 0 Å². The Morgan fingerprint density at radius 1 is 1.43 bits per heavy atom. The van der Waals surface area contributed by atoms with Gasteiger partial charge in [-0.05, 0) is 6.07 Å². The number of imidazole rings is 1. The predicted molar refractivity (Wildman–Crippen MR) is 57.0 cm³/mol. The van der Waals surface area contributed by atoms with Gasteiger partial charge in [-0.2, -0.15) is 0 Å². The highest BCUT2D eigenvalue weighted by Gasteiger charge is 2.12. The largest absolute Gasteiger partial charge is 0.382 e. The molecule has 2 heterocycles. The van der Waals surface area contributed by atoms with E-state index in [1.165, 1.54) is 0 Å². The summed E-state index contributed by atoms with van der Waals surface area (Å²) in [6.45, 7) is 4.23. The van der Waals surface area contributed by atoms with Crippen molar-refractivity contribution < 1.29 is 0 Å². The fourth-order valence-electron chi connectivity index (χ4n) is 1.67. The fourth-order valence-corrected chi connectivity index (χ4v) is 1.67. The molecule has 0 aliphatic heterocycles. The summed E-state index contributed by atoms with van der Waals surface area (Å²) < 4.78 is 2.07. The van der Waals surface area contributed by atoms with Gasteiger partial charge in [0.1, 0.15) is 11.3 Å². The second-order valence-electron chi connectivity index (χ2n) is 3.75. The van der Waals surface area contributed by atoms with Gasteiger partial charge in [-0.15, -0.1) is 0 Å². The molecule has 14 heavy (non-hydrogen) atoms. The predicted octanol–water partition coefficient (Wildman–Crippen LogP) is 1.67. The molecule has 0 saturated heterocycles. The molecule has 0 radical (unpaired) electrons. The Morgan fingerprint density at radius 2 is 2.14 bits per heavy atom. The molecule has 0 fully saturated rings. The molecule has 2 aromatic rings. The Labute approximate surface area is 82.8 Å². The van der Waals surface area contributed by atoms with Gasteiger partial charge in [0.05, 0.1) is 5.52 Å². The highest BCUT2D eigenvalue weighted by molar-refractivity contribution is 5.85. The number of nitrogens with zero attached hydrogens (tertiary/aromatic N) is 3. The van der Waals surface area contributed by atoms with Gasteiger partial charge < -0.3 is 10.3 Å². The van der Waals surface area contributed by atoms with Crippen LogP contribution in [0.3, 0.4) is 0 Å². The van der Waals surface area contributed by atoms with Crippen LogP contribution in [0.4, 0.5) is 5.82 Å². The summed E-state index contributed by atoms with van der Waals surface area (Å²) >= 11 is 0. The molecule has 0 aromatic carbocycles. The molecule has 0 aliphatic rings. The smallest absolute Gasteiger partial charge is 0.151 e. The van der Waals surface area contributed by atoms with Crippen molar-refractivity contribution in [3.8, 4) is 0 Å². The SMILES string of the molecule is CC(C)c1nc2c(N)nccc2n1C. The minimum atomic E-state index is 0.395. The minimum absolute atomic E-state index is 0.395. The number of aromatic nitrogens is 3. The average Bonchev–Trinajstić information content (AvgIpc) is 2.46. The molecular formula is C10H14N4. The summed E-state index contributed by atoms with van der Waals surface area (Å²) in [5.74, 6) is 1.94. The lowest BCUT2D eigenvalue weighted by molar-refractivity contribution is 0.722. The first-order chi connectivity index (χ1) is 6.61. The molecule has 0 spiro atoms. The Bertz CT molecular complexity index is 470. The summed E-state index contributed by atoms with van der Waals surface area (Å²) in [7, 11) is 2.00. The van der Waals surface area contributed by atoms with Crippen molar-refractivity contribution in [1.82, 2.24) is 14.5 Å². The van der Waals surface area contributed by atoms with Crippen LogP contribution < -0.4 is 5.73 Å². The first kappa shape index (κ1) is 8.99. The third-order valence-electron chi connectivity index (χ3n) is 2.38. The van der Waals surface area contributed by atoms with E-state index in [4.69, 9.17) is 5.73 Å². The fraction of sp³-hybridized carbons (Fsp3) is 0.400. The van der Waals surface area contributed by atoms with Crippen LogP contribution in [0.25, 0.3) is 11.0 Å². The summed E-state index contributed by atoms with van der Waals surface area (Å²) in [4.78, 5) is 8.51. The van der Waals surface area contributed by atoms with Gasteiger partial charge in [0, 0.05) is 19.2 Å². The third kappa shape index (κ3) is 1.14. The van der Waals surface area contributed by atoms with E-state index in [1.807, 2.05) is 13.1 Å². The summed E-state index contributed by atoms with van der Waals surface area (Å²) in [6.07, 6.45) is 1.71. The van der Waals surface area contributed by atoms with E-state index >= 15 is 0 Å². The zero-order chi connectivity index (χ0) is 10.3. The molecule has 0 saturated carbocycles. The Hall–Kier alpha value is -1.58. The van der Waals surface area contributed by atoms with E-state index in [0.717, 1.165) is 16.9 Å². The molecule has 0 atom stereocenters. The van der Waals surface area contributed by atoms with Gasteiger partial charge in [0.15, 0.2) is 5.82 Å². The van der Waals surface area contributed by atoms with Crippen molar-refractivity contribution in [1.29, 1.82) is 0 Å². The van der Waals surface area contributed by atoms with Gasteiger partial charge in [-0.1, -0.05) is 13.8 Å². The van der Waals surface area contributed by atoms with Crippen LogP contribution in [-0.4, -0.2) is 14.5 Å². The van der Waals surface area contributed by atoms with Crippen LogP contribution in [0.2, 0.25) is 0 Å². The highest BCUT2D eigenvalue weighted by atomic mass is 15.1. The van der Waals surface area contributed by atoms with Crippen molar-refractivity contribution in [2.45, 2.75) is 19.8 Å². The topological polar surface area (TPSA) is 56.7 Å². The molecule has 74 valence electrons. The number of nitrogens with two attached hydrogens (primary N) is 1. The molecule has 0 aliphatic carbocycles. The molecule has 0 amide bonds. The zero-order valence-corrected chi connectivity index (χ0v) is 8.65. The number of aryl methyl sites for hydroxylation is 1. The van der Waals surface area contributed by atoms with Gasteiger partial charge in [-0.25, -0.2) is 9.97 Å². The number of nitrogen functional groups attached to an aromatic ring is 1. The summed E-state index contributed by atoms with van der Waals surface area (Å²) in [5.41, 5.74) is 7.60. The number of rotatable bonds is 1. The minimum Gasteiger partial charge on any atom is -0.382 e. The van der Waals surface area contributed by atoms with Crippen molar-refractivity contribution >= 4 is 16.9 Å². The van der Waals surface area contributed by atoms with E-state index in [1.54, 1.807) is 6.20 Å². The molecule has 2 rings (SSSR count). The van der Waals surface area contributed by atoms with E-state index in [2.05, 4.69) is 28.4 Å². The average molecular weight is 190 g/mol. The zero-order valence-electron chi connectivity index (χ0n) is 8.65. The lowest BCUT2D eigenvalue weighted by Crippen LogP contribution is -1.99. The Balaban J connectivity index is 2.80. The van der Waals surface area contributed by atoms with Crippen molar-refractivity contribution in [3.05, 3.63) is 18.1 Å². The van der Waals surface area contributed by atoms with E-state index in [9.17, 15) is 0 Å². The van der Waals surface area contributed by atoms with Crippen LogP contribution in [0.1, 0.15) is 25.6 Å². The maximum absolute atomic E-state index is 5.75. The Morgan fingerprint density at radius 3 is 2.71 bits per heavy atom. The standard InChI is InChI=1S/C10H14N4/c1-6(2)10-13-8-7(14(10)3)4-5-12-9(8)11/h4-6H,1-3H3,(H2,11,12). The second-order valence-corrected chi connectivity index (χ2v) is 3.75. The van der Waals surface area contributed by atoms with Crippen molar-refractivity contribution in [2.24, 2.45) is 7.05 Å². The van der Waals surface area contributed by atoms with Crippen LogP contribution >= 0.6 is 0 Å². The summed E-state index contributed by atoms with van der Waals surface area (Å²) in [6, 6.07) is 1.94. The van der Waals surface area contributed by atoms with Gasteiger partial charge in [0.2, 0.25) is 0 Å². The number of pyridine rings is 1. The number of fused-ring (bicyclic) bond motifs is 1. The third-order valence-corrected chi connectivity index (χ3v) is 2.38. The molecule has 4 heteroatoms. The first-order valence-electron chi connectivity index (χ1n) is 4.68. The van der Waals surface area contributed by atoms with Gasteiger partial charge in [-0.3, -0.25) is 0 Å². The molecule has 0 bridgehead atoms. The maximum atomic E-state index is 5.75. The van der Waals surface area contributed by atoms with E-state index in [-0.39, 0.29) is 0 Å². The second kappa shape index (κ2) is 2.97. The maximum Gasteiger partial charge on any atom is 0.151 e. The van der Waals surface area contributed by atoms with Crippen LogP contribution in [0, 0.1) is 0 Å². The molecule has 2 N–H and O–H groups in total. The van der Waals surface area contributed by atoms with E-state index in [0.29, 0.717) is 11.7 Å². The van der Waals surface area contributed by atoms with Crippen molar-refractivity contribution in [2.75, 3.05) is 5.73 Å². The monoisotopic (exact) mass is 190 g/mol. The van der Waals surface area contributed by atoms with Gasteiger partial charge >= 0.3 is 0 Å². The first-order valence-corrected chi connectivity index (χ1v) is 4.68. The molecule has 0 unspecified atom stereocenters. The lowest BCUT2D eigenvalue weighted by Gasteiger charge is -2.03. The van der Waals surface area contributed by atoms with Gasteiger partial charge in [0.25, 0.3) is 0 Å². The van der Waals surface area contributed by atoms with Crippen LogP contribution in [0.5, 0.6) is 0 Å². The molecular weight excluding hydrogens is 176 g/mol. The quantitative estimate of drug-likeness (QED) is 0.744. The summed E-state index contributed by atoms with van der Waals surface area (Å²) in [5, 5.41) is 0.